The third kappa shape index (κ3) is 4.91. The van der Waals surface area contributed by atoms with Crippen molar-refractivity contribution >= 4 is 22.8 Å². The van der Waals surface area contributed by atoms with Crippen LogP contribution in [0.5, 0.6) is 0 Å². The normalized spacial score (nSPS) is 20.4. The van der Waals surface area contributed by atoms with Crippen molar-refractivity contribution in [2.75, 3.05) is 26.2 Å². The number of amides is 2. The first kappa shape index (κ1) is 24.2. The number of nitrogens with one attached hydrogen (secondary N) is 1. The molecule has 0 saturated carbocycles. The highest BCUT2D eigenvalue weighted by Crippen LogP contribution is 2.34. The number of halogens is 4. The Balaban J connectivity index is 1.17. The molecule has 0 spiro atoms. The molecule has 2 saturated heterocycles. The van der Waals surface area contributed by atoms with Crippen LogP contribution in [0.3, 0.4) is 0 Å². The highest BCUT2D eigenvalue weighted by atomic mass is 19.4. The van der Waals surface area contributed by atoms with E-state index in [4.69, 9.17) is 0 Å². The molecule has 3 heterocycles. The van der Waals surface area contributed by atoms with Crippen LogP contribution in [-0.2, 0) is 17.4 Å². The minimum Gasteiger partial charge on any atom is -0.343 e. The number of nitrogens with zero attached hydrogens (tertiary/aromatic N) is 4. The van der Waals surface area contributed by atoms with E-state index in [0.29, 0.717) is 48.8 Å². The second kappa shape index (κ2) is 9.51. The Morgan fingerprint density at radius 3 is 2.33 bits per heavy atom. The first-order chi connectivity index (χ1) is 17.2. The van der Waals surface area contributed by atoms with Crippen molar-refractivity contribution in [3.05, 3.63) is 58.9 Å². The molecule has 5 rings (SSSR count). The average Bonchev–Trinajstić information content (AvgIpc) is 3.44. The maximum Gasteiger partial charge on any atom is 0.416 e. The molecule has 1 N–H and O–H groups in total. The molecule has 0 radical (unpaired) electrons. The Morgan fingerprint density at radius 1 is 0.944 bits per heavy atom. The number of benzene rings is 2. The molecule has 2 amide bonds. The van der Waals surface area contributed by atoms with Crippen molar-refractivity contribution in [2.24, 2.45) is 11.8 Å². The fraction of sp³-hybridized carbons (Fsp3) is 0.440. The highest BCUT2D eigenvalue weighted by molar-refractivity contribution is 5.97. The maximum atomic E-state index is 13.3. The number of aromatic amines is 1. The Hall–Kier alpha value is -3.50. The average molecular weight is 504 g/mol. The summed E-state index contributed by atoms with van der Waals surface area (Å²) in [5.41, 5.74) is 0.766. The zero-order chi connectivity index (χ0) is 25.4. The van der Waals surface area contributed by atoms with Gasteiger partial charge in [0, 0.05) is 38.2 Å². The zero-order valence-corrected chi connectivity index (χ0v) is 19.4. The SMILES string of the molecule is O=C(CCc1ccc(F)cc1C(F)(F)F)N1CC[C@@H]2CN(C(=O)c3ccc4n[nH]nc4c3)C[C@@H]2CC1. The summed E-state index contributed by atoms with van der Waals surface area (Å²) in [6, 6.07) is 7.79. The van der Waals surface area contributed by atoms with Gasteiger partial charge in [-0.3, -0.25) is 9.59 Å². The number of rotatable bonds is 4. The second-order valence-electron chi connectivity index (χ2n) is 9.51. The molecule has 2 aromatic carbocycles. The van der Waals surface area contributed by atoms with Crippen molar-refractivity contribution in [2.45, 2.75) is 31.9 Å². The molecule has 7 nitrogen and oxygen atoms in total. The van der Waals surface area contributed by atoms with E-state index in [1.54, 1.807) is 23.1 Å². The highest BCUT2D eigenvalue weighted by Gasteiger charge is 2.38. The Morgan fingerprint density at radius 2 is 1.64 bits per heavy atom. The predicted molar refractivity (Wildman–Crippen MR) is 122 cm³/mol. The van der Waals surface area contributed by atoms with Gasteiger partial charge in [-0.1, -0.05) is 6.07 Å². The Bertz CT molecular complexity index is 1270. The van der Waals surface area contributed by atoms with E-state index in [9.17, 15) is 27.2 Å². The summed E-state index contributed by atoms with van der Waals surface area (Å²) in [5.74, 6) is -0.697. The molecule has 190 valence electrons. The van der Waals surface area contributed by atoms with Gasteiger partial charge >= 0.3 is 6.18 Å². The van der Waals surface area contributed by atoms with Gasteiger partial charge in [0.2, 0.25) is 5.91 Å². The fourth-order valence-corrected chi connectivity index (χ4v) is 5.35. The Labute approximate surface area is 204 Å². The lowest BCUT2D eigenvalue weighted by molar-refractivity contribution is -0.139. The number of likely N-dealkylation sites (tertiary alicyclic amines) is 2. The van der Waals surface area contributed by atoms with Crippen molar-refractivity contribution < 1.29 is 27.2 Å². The quantitative estimate of drug-likeness (QED) is 0.545. The molecule has 0 aliphatic carbocycles. The van der Waals surface area contributed by atoms with Crippen LogP contribution < -0.4 is 0 Å². The van der Waals surface area contributed by atoms with Gasteiger partial charge in [0.25, 0.3) is 5.91 Å². The number of carbonyl (C=O) groups is 2. The molecular formula is C25H25F4N5O2. The lowest BCUT2D eigenvalue weighted by Gasteiger charge is -2.23. The van der Waals surface area contributed by atoms with Gasteiger partial charge in [0.1, 0.15) is 16.9 Å². The van der Waals surface area contributed by atoms with Gasteiger partial charge < -0.3 is 9.80 Å². The van der Waals surface area contributed by atoms with Gasteiger partial charge in [-0.15, -0.1) is 0 Å². The van der Waals surface area contributed by atoms with E-state index in [2.05, 4.69) is 15.4 Å². The molecule has 2 aliphatic rings. The number of carbonyl (C=O) groups excluding carboxylic acids is 2. The van der Waals surface area contributed by atoms with Crippen molar-refractivity contribution in [3.8, 4) is 0 Å². The maximum absolute atomic E-state index is 13.3. The first-order valence-electron chi connectivity index (χ1n) is 11.9. The lowest BCUT2D eigenvalue weighted by Crippen LogP contribution is -2.34. The van der Waals surface area contributed by atoms with Crippen molar-refractivity contribution in [1.82, 2.24) is 25.2 Å². The van der Waals surface area contributed by atoms with Crippen LogP contribution in [0.4, 0.5) is 17.6 Å². The molecule has 36 heavy (non-hydrogen) atoms. The number of aryl methyl sites for hydroxylation is 1. The van der Waals surface area contributed by atoms with Crippen LogP contribution in [-0.4, -0.2) is 63.2 Å². The van der Waals surface area contributed by atoms with E-state index in [0.717, 1.165) is 25.0 Å². The standard InChI is InChI=1S/C25H25F4N5O2/c26-19-4-1-15(20(12-19)25(27,28)29)3-6-23(35)33-9-7-17-13-34(14-18(17)8-10-33)24(36)16-2-5-21-22(11-16)31-32-30-21/h1-2,4-5,11-12,17-18H,3,6-10,13-14H2,(H,30,31,32)/t17-,18+. The number of fused-ring (bicyclic) bond motifs is 2. The molecule has 2 fully saturated rings. The van der Waals surface area contributed by atoms with Crippen LogP contribution in [0.1, 0.15) is 40.7 Å². The summed E-state index contributed by atoms with van der Waals surface area (Å²) in [6.07, 6.45) is -3.39. The summed E-state index contributed by atoms with van der Waals surface area (Å²) < 4.78 is 53.1. The monoisotopic (exact) mass is 503 g/mol. The van der Waals surface area contributed by atoms with Gasteiger partial charge in [-0.2, -0.15) is 28.6 Å². The molecule has 0 unspecified atom stereocenters. The number of hydrogen-bond acceptors (Lipinski definition) is 4. The predicted octanol–water partition coefficient (Wildman–Crippen LogP) is 4.06. The van der Waals surface area contributed by atoms with Gasteiger partial charge in [-0.05, 0) is 67.0 Å². The largest absolute Gasteiger partial charge is 0.416 e. The van der Waals surface area contributed by atoms with E-state index in [-0.39, 0.29) is 42.1 Å². The topological polar surface area (TPSA) is 82.2 Å². The summed E-state index contributed by atoms with van der Waals surface area (Å²) >= 11 is 0. The lowest BCUT2D eigenvalue weighted by atomic mass is 9.92. The van der Waals surface area contributed by atoms with Crippen LogP contribution in [0, 0.1) is 17.7 Å². The van der Waals surface area contributed by atoms with Crippen LogP contribution in [0.25, 0.3) is 11.0 Å². The molecule has 2 atom stereocenters. The van der Waals surface area contributed by atoms with Gasteiger partial charge in [-0.25, -0.2) is 4.39 Å². The number of aromatic nitrogens is 3. The third-order valence-electron chi connectivity index (χ3n) is 7.30. The van der Waals surface area contributed by atoms with Crippen molar-refractivity contribution in [3.63, 3.8) is 0 Å². The van der Waals surface area contributed by atoms with E-state index < -0.39 is 17.6 Å². The summed E-state index contributed by atoms with van der Waals surface area (Å²) in [4.78, 5) is 29.4. The molecule has 3 aromatic rings. The third-order valence-corrected chi connectivity index (χ3v) is 7.30. The molecular weight excluding hydrogens is 478 g/mol. The van der Waals surface area contributed by atoms with Crippen molar-refractivity contribution in [1.29, 1.82) is 0 Å². The van der Waals surface area contributed by atoms with E-state index in [1.165, 1.54) is 0 Å². The minimum absolute atomic E-state index is 0.0549. The summed E-state index contributed by atoms with van der Waals surface area (Å²) in [6.45, 7) is 2.21. The summed E-state index contributed by atoms with van der Waals surface area (Å²) in [5, 5.41) is 10.6. The number of hydrogen-bond donors (Lipinski definition) is 1. The smallest absolute Gasteiger partial charge is 0.343 e. The van der Waals surface area contributed by atoms with E-state index >= 15 is 0 Å². The van der Waals surface area contributed by atoms with Gasteiger partial charge in [0.15, 0.2) is 0 Å². The molecule has 0 bridgehead atoms. The fourth-order valence-electron chi connectivity index (χ4n) is 5.35. The van der Waals surface area contributed by atoms with Crippen LogP contribution >= 0.6 is 0 Å². The van der Waals surface area contributed by atoms with E-state index in [1.807, 2.05) is 4.90 Å². The second-order valence-corrected chi connectivity index (χ2v) is 9.51. The number of alkyl halides is 3. The molecule has 2 aliphatic heterocycles. The number of H-pyrrole nitrogens is 1. The molecule has 1 aromatic heterocycles. The van der Waals surface area contributed by atoms with Crippen LogP contribution in [0.2, 0.25) is 0 Å². The Kier molecular flexibility index (Phi) is 6.40. The first-order valence-corrected chi connectivity index (χ1v) is 11.9. The zero-order valence-electron chi connectivity index (χ0n) is 19.4. The van der Waals surface area contributed by atoms with Gasteiger partial charge in [0.05, 0.1) is 5.56 Å². The minimum atomic E-state index is -4.68. The summed E-state index contributed by atoms with van der Waals surface area (Å²) in [7, 11) is 0. The van der Waals surface area contributed by atoms with Crippen LogP contribution in [0.15, 0.2) is 36.4 Å². The molecule has 11 heteroatoms.